The van der Waals surface area contributed by atoms with E-state index >= 15 is 0 Å². The molecule has 1 aromatic heterocycles. The SMILES string of the molecule is CNC(Cc1cncs1)c1cc(Br)ccc1I. The Morgan fingerprint density at radius 1 is 1.53 bits per heavy atom. The Morgan fingerprint density at radius 2 is 2.35 bits per heavy atom. The summed E-state index contributed by atoms with van der Waals surface area (Å²) >= 11 is 7.62. The van der Waals surface area contributed by atoms with E-state index in [1.165, 1.54) is 14.0 Å². The first kappa shape index (κ1) is 13.5. The van der Waals surface area contributed by atoms with Crippen molar-refractivity contribution in [2.75, 3.05) is 7.05 Å². The minimum Gasteiger partial charge on any atom is -0.313 e. The summed E-state index contributed by atoms with van der Waals surface area (Å²) in [4.78, 5) is 5.43. The van der Waals surface area contributed by atoms with Gasteiger partial charge in [-0.15, -0.1) is 11.3 Å². The van der Waals surface area contributed by atoms with Crippen LogP contribution in [0.2, 0.25) is 0 Å². The van der Waals surface area contributed by atoms with Crippen molar-refractivity contribution in [1.29, 1.82) is 0 Å². The maximum Gasteiger partial charge on any atom is 0.0794 e. The van der Waals surface area contributed by atoms with E-state index in [4.69, 9.17) is 0 Å². The highest BCUT2D eigenvalue weighted by atomic mass is 127. The fourth-order valence-electron chi connectivity index (χ4n) is 1.69. The summed E-state index contributed by atoms with van der Waals surface area (Å²) in [6, 6.07) is 6.73. The maximum absolute atomic E-state index is 4.12. The summed E-state index contributed by atoms with van der Waals surface area (Å²) in [7, 11) is 2.00. The Balaban J connectivity index is 2.25. The number of benzene rings is 1. The Kier molecular flexibility index (Phi) is 4.96. The molecule has 0 spiro atoms. The van der Waals surface area contributed by atoms with Crippen LogP contribution in [0.1, 0.15) is 16.5 Å². The highest BCUT2D eigenvalue weighted by Crippen LogP contribution is 2.27. The molecule has 0 bridgehead atoms. The molecule has 1 atom stereocenters. The number of halogens is 2. The zero-order valence-electron chi connectivity index (χ0n) is 9.28. The summed E-state index contributed by atoms with van der Waals surface area (Å²) in [6.45, 7) is 0. The van der Waals surface area contributed by atoms with Crippen LogP contribution >= 0.6 is 49.9 Å². The monoisotopic (exact) mass is 422 g/mol. The fourth-order valence-corrected chi connectivity index (χ4v) is 3.43. The zero-order valence-corrected chi connectivity index (χ0v) is 13.8. The highest BCUT2D eigenvalue weighted by molar-refractivity contribution is 14.1. The molecule has 17 heavy (non-hydrogen) atoms. The van der Waals surface area contributed by atoms with Crippen molar-refractivity contribution in [1.82, 2.24) is 10.3 Å². The molecule has 0 saturated carbocycles. The largest absolute Gasteiger partial charge is 0.313 e. The van der Waals surface area contributed by atoms with Gasteiger partial charge in [-0.05, 0) is 53.4 Å². The molecule has 0 radical (unpaired) electrons. The van der Waals surface area contributed by atoms with E-state index in [1.807, 2.05) is 18.8 Å². The van der Waals surface area contributed by atoms with Crippen molar-refractivity contribution in [2.24, 2.45) is 0 Å². The van der Waals surface area contributed by atoms with E-state index < -0.39 is 0 Å². The minimum atomic E-state index is 0.333. The summed E-state index contributed by atoms with van der Waals surface area (Å²) in [6.07, 6.45) is 2.92. The summed E-state index contributed by atoms with van der Waals surface area (Å²) < 4.78 is 2.41. The van der Waals surface area contributed by atoms with E-state index in [0.29, 0.717) is 6.04 Å². The second kappa shape index (κ2) is 6.26. The van der Waals surface area contributed by atoms with Crippen molar-refractivity contribution >= 4 is 49.9 Å². The van der Waals surface area contributed by atoms with Gasteiger partial charge < -0.3 is 5.32 Å². The topological polar surface area (TPSA) is 24.9 Å². The van der Waals surface area contributed by atoms with Gasteiger partial charge in [0.15, 0.2) is 0 Å². The Morgan fingerprint density at radius 3 is 3.00 bits per heavy atom. The number of nitrogens with one attached hydrogen (secondary N) is 1. The molecule has 5 heteroatoms. The van der Waals surface area contributed by atoms with Crippen molar-refractivity contribution < 1.29 is 0 Å². The number of hydrogen-bond acceptors (Lipinski definition) is 3. The lowest BCUT2D eigenvalue weighted by Gasteiger charge is -2.17. The fraction of sp³-hybridized carbons (Fsp3) is 0.250. The predicted octanol–water partition coefficient (Wildman–Crippen LogP) is 4.01. The van der Waals surface area contributed by atoms with Gasteiger partial charge in [-0.25, -0.2) is 0 Å². The molecular weight excluding hydrogens is 411 g/mol. The van der Waals surface area contributed by atoms with Gasteiger partial charge in [0.05, 0.1) is 5.51 Å². The quantitative estimate of drug-likeness (QED) is 0.753. The number of hydrogen-bond donors (Lipinski definition) is 1. The molecule has 1 unspecified atom stereocenters. The number of likely N-dealkylation sites (N-methyl/N-ethyl adjacent to an activating group) is 1. The lowest BCUT2D eigenvalue weighted by Crippen LogP contribution is -2.19. The Bertz CT molecular complexity index is 487. The van der Waals surface area contributed by atoms with E-state index in [2.05, 4.69) is 67.0 Å². The normalized spacial score (nSPS) is 12.6. The highest BCUT2D eigenvalue weighted by Gasteiger charge is 2.14. The Labute approximate surface area is 127 Å². The van der Waals surface area contributed by atoms with Gasteiger partial charge in [0.1, 0.15) is 0 Å². The zero-order chi connectivity index (χ0) is 12.3. The first-order chi connectivity index (χ1) is 8.20. The average molecular weight is 423 g/mol. The van der Waals surface area contributed by atoms with Crippen LogP contribution in [0, 0.1) is 3.57 Å². The van der Waals surface area contributed by atoms with Gasteiger partial charge in [-0.2, -0.15) is 0 Å². The number of aromatic nitrogens is 1. The van der Waals surface area contributed by atoms with Gasteiger partial charge in [0.25, 0.3) is 0 Å². The molecule has 0 aliphatic carbocycles. The molecule has 0 saturated heterocycles. The van der Waals surface area contributed by atoms with Crippen molar-refractivity contribution in [3.05, 3.63) is 48.4 Å². The van der Waals surface area contributed by atoms with Crippen LogP contribution in [-0.2, 0) is 6.42 Å². The van der Waals surface area contributed by atoms with E-state index in [-0.39, 0.29) is 0 Å². The Hall–Kier alpha value is 0.0200. The van der Waals surface area contributed by atoms with Gasteiger partial charge in [0, 0.05) is 31.6 Å². The molecule has 90 valence electrons. The van der Waals surface area contributed by atoms with Crippen molar-refractivity contribution in [3.8, 4) is 0 Å². The second-order valence-electron chi connectivity index (χ2n) is 3.68. The third kappa shape index (κ3) is 3.49. The van der Waals surface area contributed by atoms with Gasteiger partial charge in [-0.1, -0.05) is 15.9 Å². The number of nitrogens with zero attached hydrogens (tertiary/aromatic N) is 1. The molecule has 0 fully saturated rings. The molecule has 2 rings (SSSR count). The molecule has 0 aliphatic heterocycles. The van der Waals surface area contributed by atoms with Gasteiger partial charge >= 0.3 is 0 Å². The van der Waals surface area contributed by atoms with Crippen molar-refractivity contribution in [3.63, 3.8) is 0 Å². The second-order valence-corrected chi connectivity index (χ2v) is 6.73. The van der Waals surface area contributed by atoms with Crippen LogP contribution in [0.15, 0.2) is 34.4 Å². The molecule has 2 nitrogen and oxygen atoms in total. The number of rotatable bonds is 4. The van der Waals surface area contributed by atoms with Gasteiger partial charge in [-0.3, -0.25) is 4.98 Å². The summed E-state index contributed by atoms with van der Waals surface area (Å²) in [5.74, 6) is 0. The minimum absolute atomic E-state index is 0.333. The smallest absolute Gasteiger partial charge is 0.0794 e. The number of thiazole rings is 1. The molecule has 1 aromatic carbocycles. The molecule has 1 N–H and O–H groups in total. The lowest BCUT2D eigenvalue weighted by atomic mass is 10.0. The summed E-state index contributed by atoms with van der Waals surface area (Å²) in [5.41, 5.74) is 3.21. The predicted molar refractivity (Wildman–Crippen MR) is 84.5 cm³/mol. The summed E-state index contributed by atoms with van der Waals surface area (Å²) in [5, 5.41) is 3.38. The van der Waals surface area contributed by atoms with Crippen LogP contribution in [-0.4, -0.2) is 12.0 Å². The first-order valence-corrected chi connectivity index (χ1v) is 7.95. The van der Waals surface area contributed by atoms with Crippen LogP contribution in [0.5, 0.6) is 0 Å². The third-order valence-corrected chi connectivity index (χ3v) is 4.85. The van der Waals surface area contributed by atoms with Crippen LogP contribution in [0.25, 0.3) is 0 Å². The van der Waals surface area contributed by atoms with E-state index in [0.717, 1.165) is 10.9 Å². The molecule has 0 aliphatic rings. The van der Waals surface area contributed by atoms with Crippen LogP contribution < -0.4 is 5.32 Å². The maximum atomic E-state index is 4.12. The standard InChI is InChI=1S/C12H12BrIN2S/c1-15-12(5-9-6-16-7-17-9)10-4-8(13)2-3-11(10)14/h2-4,6-7,12,15H,5H2,1H3. The molecule has 1 heterocycles. The molecular formula is C12H12BrIN2S. The van der Waals surface area contributed by atoms with E-state index in [1.54, 1.807) is 11.3 Å². The molecule has 2 aromatic rings. The lowest BCUT2D eigenvalue weighted by molar-refractivity contribution is 0.593. The molecule has 0 amide bonds. The van der Waals surface area contributed by atoms with Gasteiger partial charge in [0.2, 0.25) is 0 Å². The van der Waals surface area contributed by atoms with E-state index in [9.17, 15) is 0 Å². The average Bonchev–Trinajstić information content (AvgIpc) is 2.82. The van der Waals surface area contributed by atoms with Crippen LogP contribution in [0.3, 0.4) is 0 Å². The van der Waals surface area contributed by atoms with Crippen LogP contribution in [0.4, 0.5) is 0 Å². The third-order valence-electron chi connectivity index (χ3n) is 2.57. The first-order valence-electron chi connectivity index (χ1n) is 5.20. The van der Waals surface area contributed by atoms with Crippen molar-refractivity contribution in [2.45, 2.75) is 12.5 Å².